The average molecular weight is 372 g/mol. The average Bonchev–Trinajstić information content (AvgIpc) is 2.59. The molecule has 27 heavy (non-hydrogen) atoms. The quantitative estimate of drug-likeness (QED) is 0.575. The summed E-state index contributed by atoms with van der Waals surface area (Å²) in [5.41, 5.74) is 3.83. The van der Waals surface area contributed by atoms with Gasteiger partial charge in [0.2, 0.25) is 0 Å². The van der Waals surface area contributed by atoms with E-state index in [0.29, 0.717) is 17.8 Å². The molecule has 0 amide bonds. The van der Waals surface area contributed by atoms with Gasteiger partial charge in [-0.2, -0.15) is 0 Å². The van der Waals surface area contributed by atoms with Gasteiger partial charge in [0.1, 0.15) is 11.6 Å². The van der Waals surface area contributed by atoms with E-state index in [0.717, 1.165) is 24.8 Å². The highest BCUT2D eigenvalue weighted by atomic mass is 19.1. The number of halogens is 1. The van der Waals surface area contributed by atoms with Crippen LogP contribution in [0, 0.1) is 5.41 Å². The maximum atomic E-state index is 15.4. The molecule has 0 aromatic heterocycles. The Labute approximate surface area is 161 Å². The molecule has 0 bridgehead atoms. The number of ether oxygens (including phenoxy) is 1. The third-order valence-corrected chi connectivity index (χ3v) is 5.31. The minimum atomic E-state index is -1.07. The molecule has 1 aliphatic rings. The number of aromatic carboxylic acids is 1. The Balaban J connectivity index is 2.54. The first-order chi connectivity index (χ1) is 12.6. The normalized spacial score (nSPS) is 17.4. The van der Waals surface area contributed by atoms with Crippen LogP contribution >= 0.6 is 0 Å². The van der Waals surface area contributed by atoms with Gasteiger partial charge in [-0.1, -0.05) is 26.0 Å². The monoisotopic (exact) mass is 372 g/mol. The molecule has 0 fully saturated rings. The van der Waals surface area contributed by atoms with E-state index in [1.165, 1.54) is 23.8 Å². The van der Waals surface area contributed by atoms with Crippen LogP contribution in [-0.2, 0) is 0 Å². The Hall–Kier alpha value is -2.36. The molecule has 2 rings (SSSR count). The molecular weight excluding hydrogens is 343 g/mol. The summed E-state index contributed by atoms with van der Waals surface area (Å²) in [7, 11) is 0. The van der Waals surface area contributed by atoms with E-state index >= 15 is 4.39 Å². The molecule has 3 nitrogen and oxygen atoms in total. The highest BCUT2D eigenvalue weighted by Gasteiger charge is 2.31. The van der Waals surface area contributed by atoms with Gasteiger partial charge in [-0.25, -0.2) is 9.18 Å². The first-order valence-electron chi connectivity index (χ1n) is 9.37. The molecule has 146 valence electrons. The van der Waals surface area contributed by atoms with E-state index in [1.54, 1.807) is 13.8 Å². The van der Waals surface area contributed by atoms with Crippen LogP contribution in [0.5, 0.6) is 5.75 Å². The van der Waals surface area contributed by atoms with E-state index in [1.807, 2.05) is 0 Å². The van der Waals surface area contributed by atoms with E-state index in [2.05, 4.69) is 27.4 Å². The predicted molar refractivity (Wildman–Crippen MR) is 108 cm³/mol. The summed E-state index contributed by atoms with van der Waals surface area (Å²) in [5, 5.41) is 9.18. The molecule has 1 aromatic carbocycles. The largest absolute Gasteiger partial charge is 0.493 e. The number of carbonyl (C=O) groups is 1. The Morgan fingerprint density at radius 1 is 1.37 bits per heavy atom. The molecule has 0 unspecified atom stereocenters. The van der Waals surface area contributed by atoms with Crippen molar-refractivity contribution in [2.45, 2.75) is 53.9 Å². The van der Waals surface area contributed by atoms with Crippen molar-refractivity contribution in [1.82, 2.24) is 0 Å². The summed E-state index contributed by atoms with van der Waals surface area (Å²) < 4.78 is 20.9. The second-order valence-corrected chi connectivity index (χ2v) is 7.76. The van der Waals surface area contributed by atoms with Crippen LogP contribution in [0.4, 0.5) is 4.39 Å². The van der Waals surface area contributed by atoms with Crippen LogP contribution in [0.15, 0.2) is 47.1 Å². The molecule has 0 heterocycles. The third-order valence-electron chi connectivity index (χ3n) is 5.31. The molecule has 1 aliphatic carbocycles. The van der Waals surface area contributed by atoms with Crippen molar-refractivity contribution in [2.24, 2.45) is 5.41 Å². The highest BCUT2D eigenvalue weighted by Crippen LogP contribution is 2.46. The molecule has 0 atom stereocenters. The standard InChI is InChI=1S/C23H29FO3/c1-7-27-19-13-17(22(25)26)10-11-18(19)21(24)16(4)15(3)20-14(2)9-8-12-23(20,5)6/h10-11,13H,3,7-9,12H2,1-2,4-6H3,(H,25,26). The summed E-state index contributed by atoms with van der Waals surface area (Å²) in [4.78, 5) is 11.2. The summed E-state index contributed by atoms with van der Waals surface area (Å²) >= 11 is 0. The summed E-state index contributed by atoms with van der Waals surface area (Å²) in [6.07, 6.45) is 3.18. The van der Waals surface area contributed by atoms with Gasteiger partial charge in [-0.3, -0.25) is 0 Å². The summed E-state index contributed by atoms with van der Waals surface area (Å²) in [5.74, 6) is -1.27. The number of carboxylic acids is 1. The van der Waals surface area contributed by atoms with Crippen LogP contribution in [0.2, 0.25) is 0 Å². The highest BCUT2D eigenvalue weighted by molar-refractivity contribution is 5.89. The van der Waals surface area contributed by atoms with Gasteiger partial charge in [-0.05, 0) is 80.4 Å². The fourth-order valence-electron chi connectivity index (χ4n) is 3.92. The Morgan fingerprint density at radius 3 is 2.59 bits per heavy atom. The lowest BCUT2D eigenvalue weighted by Gasteiger charge is -2.36. The number of carboxylic acid groups (broad SMARTS) is 1. The van der Waals surface area contributed by atoms with Crippen LogP contribution in [0.25, 0.3) is 5.83 Å². The molecule has 0 aliphatic heterocycles. The lowest BCUT2D eigenvalue weighted by Crippen LogP contribution is -2.22. The number of hydrogen-bond acceptors (Lipinski definition) is 2. The molecule has 0 radical (unpaired) electrons. The predicted octanol–water partition coefficient (Wildman–Crippen LogP) is 6.57. The topological polar surface area (TPSA) is 46.5 Å². The summed E-state index contributed by atoms with van der Waals surface area (Å²) in [6.45, 7) is 14.5. The molecule has 0 saturated heterocycles. The molecule has 1 N–H and O–H groups in total. The Morgan fingerprint density at radius 2 is 2.04 bits per heavy atom. The molecule has 0 saturated carbocycles. The van der Waals surface area contributed by atoms with Crippen LogP contribution in [-0.4, -0.2) is 17.7 Å². The minimum absolute atomic E-state index is 0.0448. The van der Waals surface area contributed by atoms with Gasteiger partial charge < -0.3 is 9.84 Å². The van der Waals surface area contributed by atoms with Crippen molar-refractivity contribution in [3.63, 3.8) is 0 Å². The van der Waals surface area contributed by atoms with Gasteiger partial charge in [0, 0.05) is 0 Å². The second-order valence-electron chi connectivity index (χ2n) is 7.76. The van der Waals surface area contributed by atoms with Crippen molar-refractivity contribution in [1.29, 1.82) is 0 Å². The van der Waals surface area contributed by atoms with Crippen LogP contribution in [0.1, 0.15) is 69.8 Å². The van der Waals surface area contributed by atoms with Gasteiger partial charge in [-0.15, -0.1) is 0 Å². The van der Waals surface area contributed by atoms with Gasteiger partial charge in [0.05, 0.1) is 17.7 Å². The molecule has 1 aromatic rings. The van der Waals surface area contributed by atoms with Crippen molar-refractivity contribution < 1.29 is 19.0 Å². The SMILES string of the molecule is C=C(C(C)=C(F)c1ccc(C(=O)O)cc1OCC)C1=C(C)CCCC1(C)C. The van der Waals surface area contributed by atoms with E-state index in [-0.39, 0.29) is 22.3 Å². The minimum Gasteiger partial charge on any atom is -0.493 e. The van der Waals surface area contributed by atoms with Crippen molar-refractivity contribution in [2.75, 3.05) is 6.61 Å². The summed E-state index contributed by atoms with van der Waals surface area (Å²) in [6, 6.07) is 4.23. The number of rotatable bonds is 6. The van der Waals surface area contributed by atoms with E-state index in [4.69, 9.17) is 4.74 Å². The fraction of sp³-hybridized carbons (Fsp3) is 0.435. The van der Waals surface area contributed by atoms with Gasteiger partial charge in [0.25, 0.3) is 0 Å². The number of benzene rings is 1. The fourth-order valence-corrected chi connectivity index (χ4v) is 3.92. The Bertz CT molecular complexity index is 828. The van der Waals surface area contributed by atoms with E-state index in [9.17, 15) is 9.90 Å². The first kappa shape index (κ1) is 20.9. The van der Waals surface area contributed by atoms with Gasteiger partial charge >= 0.3 is 5.97 Å². The second kappa shape index (κ2) is 8.12. The smallest absolute Gasteiger partial charge is 0.335 e. The van der Waals surface area contributed by atoms with E-state index < -0.39 is 11.8 Å². The molecular formula is C23H29FO3. The zero-order valence-corrected chi connectivity index (χ0v) is 16.9. The number of allylic oxidation sites excluding steroid dienone is 4. The number of hydrogen-bond donors (Lipinski definition) is 1. The van der Waals surface area contributed by atoms with Crippen molar-refractivity contribution in [3.05, 3.63) is 58.2 Å². The van der Waals surface area contributed by atoms with Crippen molar-refractivity contribution >= 4 is 11.8 Å². The maximum Gasteiger partial charge on any atom is 0.335 e. The van der Waals surface area contributed by atoms with Crippen molar-refractivity contribution in [3.8, 4) is 5.75 Å². The molecule has 0 spiro atoms. The zero-order chi connectivity index (χ0) is 20.4. The van der Waals surface area contributed by atoms with Gasteiger partial charge in [0.15, 0.2) is 0 Å². The maximum absolute atomic E-state index is 15.4. The first-order valence-corrected chi connectivity index (χ1v) is 9.37. The Kier molecular flexibility index (Phi) is 6.30. The lowest BCUT2D eigenvalue weighted by atomic mass is 9.69. The van der Waals surface area contributed by atoms with Crippen LogP contribution < -0.4 is 4.74 Å². The van der Waals surface area contributed by atoms with Crippen LogP contribution in [0.3, 0.4) is 0 Å². The lowest BCUT2D eigenvalue weighted by molar-refractivity contribution is 0.0696. The zero-order valence-electron chi connectivity index (χ0n) is 16.9. The molecule has 4 heteroatoms. The third kappa shape index (κ3) is 4.32.